The van der Waals surface area contributed by atoms with E-state index in [0.717, 1.165) is 20.0 Å². The molecule has 0 unspecified atom stereocenters. The first-order valence-corrected chi connectivity index (χ1v) is 12.6. The Labute approximate surface area is 177 Å². The summed E-state index contributed by atoms with van der Waals surface area (Å²) in [6, 6.07) is 12.9. The third kappa shape index (κ3) is 11.7. The summed E-state index contributed by atoms with van der Waals surface area (Å²) in [5, 5.41) is 0. The summed E-state index contributed by atoms with van der Waals surface area (Å²) in [6.45, 7) is 0. The standard InChI is InChI=1S/C18H26N2S2.CH4O4S/c1-19-11-5-3-7-17(19)9-13-21-15-16-22-14-10-18-8-4-6-12-20(18)2;1-5-6(2,3)4/h3-8,11-12H,9-10,13-16H2,1-2H3;1H3,(H,2,3,4)/q+2;. The van der Waals surface area contributed by atoms with E-state index in [1.165, 1.54) is 34.4 Å². The van der Waals surface area contributed by atoms with Gasteiger partial charge in [0.2, 0.25) is 0 Å². The molecule has 0 aliphatic heterocycles. The SMILES string of the molecule is COS(=O)(=O)O.C[n+]1ccccc1CCSCCSCCc1cccc[n+]1C. The molecule has 2 rings (SSSR count). The molecule has 2 aromatic heterocycles. The Morgan fingerprint density at radius 2 is 1.25 bits per heavy atom. The normalized spacial score (nSPS) is 11.0. The van der Waals surface area contributed by atoms with Gasteiger partial charge in [0.15, 0.2) is 23.8 Å². The summed E-state index contributed by atoms with van der Waals surface area (Å²) in [7, 11) is 0.957. The van der Waals surface area contributed by atoms with Gasteiger partial charge in [-0.2, -0.15) is 31.9 Å². The van der Waals surface area contributed by atoms with E-state index < -0.39 is 10.4 Å². The summed E-state index contributed by atoms with van der Waals surface area (Å²) in [5.41, 5.74) is 2.83. The highest BCUT2D eigenvalue weighted by atomic mass is 32.3. The summed E-state index contributed by atoms with van der Waals surface area (Å²) in [5.74, 6) is 4.93. The maximum absolute atomic E-state index is 9.33. The van der Waals surface area contributed by atoms with Crippen molar-refractivity contribution < 1.29 is 26.3 Å². The van der Waals surface area contributed by atoms with E-state index in [9.17, 15) is 8.42 Å². The van der Waals surface area contributed by atoms with Gasteiger partial charge in [0.05, 0.1) is 7.11 Å². The van der Waals surface area contributed by atoms with Crippen molar-refractivity contribution in [2.45, 2.75) is 12.8 Å². The van der Waals surface area contributed by atoms with Gasteiger partial charge in [0, 0.05) is 60.1 Å². The minimum atomic E-state index is -4.16. The number of nitrogens with zero attached hydrogens (tertiary/aromatic N) is 2. The predicted molar refractivity (Wildman–Crippen MR) is 116 cm³/mol. The van der Waals surface area contributed by atoms with Crippen LogP contribution in [0.1, 0.15) is 11.4 Å². The molecule has 2 aromatic rings. The largest absolute Gasteiger partial charge is 0.397 e. The molecule has 0 amide bonds. The van der Waals surface area contributed by atoms with E-state index in [2.05, 4.69) is 99.7 Å². The first kappa shape index (κ1) is 24.9. The van der Waals surface area contributed by atoms with Gasteiger partial charge in [-0.3, -0.25) is 8.74 Å². The maximum Gasteiger partial charge on any atom is 0.397 e. The monoisotopic (exact) mass is 446 g/mol. The minimum absolute atomic E-state index is 0.870. The molecule has 0 radical (unpaired) electrons. The van der Waals surface area contributed by atoms with Gasteiger partial charge >= 0.3 is 10.4 Å². The average molecular weight is 447 g/mol. The first-order chi connectivity index (χ1) is 13.3. The van der Waals surface area contributed by atoms with Crippen molar-refractivity contribution in [3.05, 3.63) is 60.2 Å². The van der Waals surface area contributed by atoms with Gasteiger partial charge in [0.1, 0.15) is 14.1 Å². The van der Waals surface area contributed by atoms with Gasteiger partial charge in [0.25, 0.3) is 0 Å². The molecule has 0 bridgehead atoms. The zero-order valence-electron chi connectivity index (χ0n) is 16.7. The number of hydrogen-bond acceptors (Lipinski definition) is 5. The molecule has 0 aliphatic carbocycles. The van der Waals surface area contributed by atoms with Crippen molar-refractivity contribution in [2.24, 2.45) is 14.1 Å². The number of thioether (sulfide) groups is 2. The van der Waals surface area contributed by atoms with E-state index in [4.69, 9.17) is 4.55 Å². The van der Waals surface area contributed by atoms with E-state index >= 15 is 0 Å². The van der Waals surface area contributed by atoms with Crippen LogP contribution in [0, 0.1) is 0 Å². The molecular weight excluding hydrogens is 416 g/mol. The number of aryl methyl sites for hydroxylation is 4. The lowest BCUT2D eigenvalue weighted by Gasteiger charge is -2.02. The topological polar surface area (TPSA) is 71.4 Å². The molecule has 0 saturated carbocycles. The third-order valence-corrected chi connectivity index (χ3v) is 6.56. The Hall–Kier alpha value is -1.13. The molecule has 0 fully saturated rings. The quantitative estimate of drug-likeness (QED) is 0.342. The van der Waals surface area contributed by atoms with Crippen LogP contribution >= 0.6 is 23.5 Å². The fraction of sp³-hybridized carbons (Fsp3) is 0.474. The van der Waals surface area contributed by atoms with Gasteiger partial charge in [-0.05, 0) is 0 Å². The van der Waals surface area contributed by atoms with Crippen LogP contribution in [-0.2, 0) is 41.5 Å². The zero-order valence-corrected chi connectivity index (χ0v) is 19.1. The molecule has 9 heteroatoms. The summed E-state index contributed by atoms with van der Waals surface area (Å²) in [6.07, 6.45) is 6.57. The first-order valence-electron chi connectivity index (χ1n) is 8.89. The zero-order chi connectivity index (χ0) is 20.8. The van der Waals surface area contributed by atoms with Crippen molar-refractivity contribution in [2.75, 3.05) is 30.1 Å². The molecule has 1 N–H and O–H groups in total. The molecule has 0 atom stereocenters. The molecule has 0 aliphatic rings. The molecule has 2 heterocycles. The average Bonchev–Trinajstić information content (AvgIpc) is 2.66. The third-order valence-electron chi connectivity index (χ3n) is 3.91. The van der Waals surface area contributed by atoms with Gasteiger partial charge in [-0.25, -0.2) is 9.13 Å². The Bertz CT molecular complexity index is 750. The summed E-state index contributed by atoms with van der Waals surface area (Å²) in [4.78, 5) is 0. The smallest absolute Gasteiger partial charge is 0.264 e. The van der Waals surface area contributed by atoms with Crippen LogP contribution in [0.5, 0.6) is 0 Å². The van der Waals surface area contributed by atoms with Crippen molar-refractivity contribution >= 4 is 33.9 Å². The van der Waals surface area contributed by atoms with Crippen molar-refractivity contribution in [1.29, 1.82) is 0 Å². The molecule has 0 aromatic carbocycles. The summed E-state index contributed by atoms with van der Waals surface area (Å²) < 4.78 is 34.1. The Kier molecular flexibility index (Phi) is 12.4. The molecule has 28 heavy (non-hydrogen) atoms. The van der Waals surface area contributed by atoms with Crippen molar-refractivity contribution in [1.82, 2.24) is 0 Å². The highest BCUT2D eigenvalue weighted by Crippen LogP contribution is 2.10. The molecule has 156 valence electrons. The second-order valence-electron chi connectivity index (χ2n) is 5.92. The number of pyridine rings is 2. The lowest BCUT2D eigenvalue weighted by atomic mass is 10.3. The van der Waals surface area contributed by atoms with E-state index in [1.54, 1.807) is 0 Å². The van der Waals surface area contributed by atoms with Crippen LogP contribution in [0.4, 0.5) is 0 Å². The number of hydrogen-bond donors (Lipinski definition) is 1. The fourth-order valence-electron chi connectivity index (χ4n) is 2.31. The molecule has 0 saturated heterocycles. The number of rotatable bonds is 10. The lowest BCUT2D eigenvalue weighted by molar-refractivity contribution is -0.679. The lowest BCUT2D eigenvalue weighted by Crippen LogP contribution is -2.33. The minimum Gasteiger partial charge on any atom is -0.264 e. The highest BCUT2D eigenvalue weighted by molar-refractivity contribution is 8.02. The van der Waals surface area contributed by atoms with Crippen molar-refractivity contribution in [3.63, 3.8) is 0 Å². The van der Waals surface area contributed by atoms with E-state index in [0.29, 0.717) is 0 Å². The fourth-order valence-corrected chi connectivity index (χ4v) is 4.37. The van der Waals surface area contributed by atoms with E-state index in [1.807, 2.05) is 0 Å². The van der Waals surface area contributed by atoms with E-state index in [-0.39, 0.29) is 0 Å². The second kappa shape index (κ2) is 13.9. The van der Waals surface area contributed by atoms with Gasteiger partial charge < -0.3 is 0 Å². The van der Waals surface area contributed by atoms with Crippen LogP contribution in [0.25, 0.3) is 0 Å². The maximum atomic E-state index is 9.33. The second-order valence-corrected chi connectivity index (χ2v) is 9.56. The van der Waals surface area contributed by atoms with Gasteiger partial charge in [-0.1, -0.05) is 12.1 Å². The van der Waals surface area contributed by atoms with Crippen LogP contribution in [0.3, 0.4) is 0 Å². The highest BCUT2D eigenvalue weighted by Gasteiger charge is 2.05. The van der Waals surface area contributed by atoms with Crippen LogP contribution in [-0.4, -0.2) is 43.1 Å². The van der Waals surface area contributed by atoms with Gasteiger partial charge in [-0.15, -0.1) is 0 Å². The molecular formula is C19H30N2O4S3+2. The summed E-state index contributed by atoms with van der Waals surface area (Å²) >= 11 is 4.13. The number of aromatic nitrogens is 2. The Morgan fingerprint density at radius 1 is 0.857 bits per heavy atom. The Morgan fingerprint density at radius 3 is 1.57 bits per heavy atom. The molecule has 0 spiro atoms. The van der Waals surface area contributed by atoms with Crippen LogP contribution < -0.4 is 9.13 Å². The van der Waals surface area contributed by atoms with Crippen LogP contribution in [0.15, 0.2) is 48.8 Å². The van der Waals surface area contributed by atoms with Crippen LogP contribution in [0.2, 0.25) is 0 Å². The Balaban J connectivity index is 0.000000568. The van der Waals surface area contributed by atoms with Crippen molar-refractivity contribution in [3.8, 4) is 0 Å². The predicted octanol–water partition coefficient (Wildman–Crippen LogP) is 2.02. The molecule has 6 nitrogen and oxygen atoms in total.